The van der Waals surface area contributed by atoms with Crippen LogP contribution in [0.1, 0.15) is 22.5 Å². The maximum Gasteiger partial charge on any atom is 0.421 e. The molecule has 160 valence electrons. The maximum absolute atomic E-state index is 13.0. The summed E-state index contributed by atoms with van der Waals surface area (Å²) in [5, 5.41) is 9.76. The van der Waals surface area contributed by atoms with Gasteiger partial charge in [0.15, 0.2) is 0 Å². The van der Waals surface area contributed by atoms with Crippen molar-refractivity contribution in [2.75, 3.05) is 24.4 Å². The number of aliphatic hydroxyl groups excluding tert-OH is 1. The van der Waals surface area contributed by atoms with Gasteiger partial charge >= 0.3 is 6.09 Å². The van der Waals surface area contributed by atoms with Gasteiger partial charge in [0.2, 0.25) is 0 Å². The molecule has 2 N–H and O–H groups in total. The van der Waals surface area contributed by atoms with Crippen molar-refractivity contribution in [2.24, 2.45) is 0 Å². The molecule has 10 heteroatoms. The molecule has 1 aromatic heterocycles. The Kier molecular flexibility index (Phi) is 6.11. The van der Waals surface area contributed by atoms with Gasteiger partial charge in [-0.2, -0.15) is 8.42 Å². The molecule has 0 aliphatic carbocycles. The van der Waals surface area contributed by atoms with Crippen molar-refractivity contribution in [3.05, 3.63) is 52.8 Å². The quantitative estimate of drug-likeness (QED) is 0.526. The third-order valence-corrected chi connectivity index (χ3v) is 4.97. The molecule has 1 aromatic carbocycles. The van der Waals surface area contributed by atoms with Gasteiger partial charge in [-0.15, -0.1) is 0 Å². The molecule has 0 fully saturated rings. The Bertz CT molecular complexity index is 1120. The first-order valence-corrected chi connectivity index (χ1v) is 10.9. The zero-order valence-electron chi connectivity index (χ0n) is 16.7. The van der Waals surface area contributed by atoms with Crippen LogP contribution in [-0.4, -0.2) is 56.1 Å². The summed E-state index contributed by atoms with van der Waals surface area (Å²) in [5.41, 5.74) is 3.93. The number of benzene rings is 1. The van der Waals surface area contributed by atoms with Crippen LogP contribution in [0.2, 0.25) is 0 Å². The Labute approximate surface area is 174 Å². The van der Waals surface area contributed by atoms with Crippen LogP contribution in [0.3, 0.4) is 0 Å². The molecule has 9 nitrogen and oxygen atoms in total. The molecule has 2 heterocycles. The molecule has 0 saturated carbocycles. The Hall–Kier alpha value is -2.95. The average Bonchev–Trinajstić information content (AvgIpc) is 3.13. The predicted molar refractivity (Wildman–Crippen MR) is 110 cm³/mol. The number of hydrogen-bond acceptors (Lipinski definition) is 7. The average molecular weight is 434 g/mol. The number of nitrogens with zero attached hydrogens (tertiary/aromatic N) is 1. The number of nitrogens with one attached hydrogen (secondary N) is 1. The van der Waals surface area contributed by atoms with Crippen LogP contribution < -0.4 is 4.90 Å². The van der Waals surface area contributed by atoms with Gasteiger partial charge in [0.05, 0.1) is 24.1 Å². The molecule has 3 rings (SSSR count). The van der Waals surface area contributed by atoms with Gasteiger partial charge in [-0.25, -0.2) is 9.69 Å². The lowest BCUT2D eigenvalue weighted by molar-refractivity contribution is -0.112. The lowest BCUT2D eigenvalue weighted by Gasteiger charge is -2.17. The van der Waals surface area contributed by atoms with Crippen molar-refractivity contribution in [2.45, 2.75) is 20.0 Å². The number of hydrogen-bond donors (Lipinski definition) is 2. The smallest absolute Gasteiger partial charge is 0.421 e. The van der Waals surface area contributed by atoms with Crippen LogP contribution in [0, 0.1) is 13.8 Å². The van der Waals surface area contributed by atoms with Crippen LogP contribution in [-0.2, 0) is 23.8 Å². The van der Waals surface area contributed by atoms with E-state index >= 15 is 0 Å². The number of rotatable bonds is 6. The summed E-state index contributed by atoms with van der Waals surface area (Å²) in [5.74, 6) is -0.560. The second-order valence-corrected chi connectivity index (χ2v) is 8.63. The highest BCUT2D eigenvalue weighted by Gasteiger charge is 2.38. The van der Waals surface area contributed by atoms with Crippen molar-refractivity contribution in [3.8, 4) is 0 Å². The van der Waals surface area contributed by atoms with Gasteiger partial charge in [0.25, 0.3) is 16.0 Å². The monoisotopic (exact) mass is 434 g/mol. The largest absolute Gasteiger partial charge is 0.446 e. The fourth-order valence-electron chi connectivity index (χ4n) is 3.09. The number of H-pyrrole nitrogens is 1. The minimum Gasteiger partial charge on any atom is -0.446 e. The standard InChI is InChI=1S/C20H22N2O7S/c1-12-8-13(2)21-17(12)9-16-15-6-4-5-7-18(15)22(19(16)24)20(25)28-10-14(23)11-29-30(3,26)27/h4-9,14,21,23H,10-11H2,1-3H3. The summed E-state index contributed by atoms with van der Waals surface area (Å²) in [7, 11) is -3.74. The molecule has 0 bridgehead atoms. The molecule has 1 unspecified atom stereocenters. The number of para-hydroxylation sites is 1. The van der Waals surface area contributed by atoms with Gasteiger partial charge in [-0.3, -0.25) is 8.98 Å². The second kappa shape index (κ2) is 8.42. The van der Waals surface area contributed by atoms with Gasteiger partial charge < -0.3 is 14.8 Å². The van der Waals surface area contributed by atoms with Gasteiger partial charge in [-0.05, 0) is 37.6 Å². The number of imide groups is 1. The number of aryl methyl sites for hydroxylation is 2. The molecule has 30 heavy (non-hydrogen) atoms. The molecular formula is C20H22N2O7S. The number of anilines is 1. The summed E-state index contributed by atoms with van der Waals surface area (Å²) in [6.45, 7) is 2.72. The number of ether oxygens (including phenoxy) is 1. The minimum atomic E-state index is -3.74. The Morgan fingerprint density at radius 2 is 1.97 bits per heavy atom. The van der Waals surface area contributed by atoms with E-state index in [1.807, 2.05) is 19.9 Å². The van der Waals surface area contributed by atoms with E-state index in [1.165, 1.54) is 0 Å². The van der Waals surface area contributed by atoms with Crippen molar-refractivity contribution in [1.82, 2.24) is 4.98 Å². The van der Waals surface area contributed by atoms with E-state index in [2.05, 4.69) is 9.17 Å². The number of carbonyl (C=O) groups excluding carboxylic acids is 2. The fourth-order valence-corrected chi connectivity index (χ4v) is 3.49. The van der Waals surface area contributed by atoms with E-state index in [4.69, 9.17) is 4.74 Å². The number of aliphatic hydroxyl groups is 1. The predicted octanol–water partition coefficient (Wildman–Crippen LogP) is 1.99. The number of aromatic nitrogens is 1. The Morgan fingerprint density at radius 3 is 2.60 bits per heavy atom. The fraction of sp³-hybridized carbons (Fsp3) is 0.300. The van der Waals surface area contributed by atoms with E-state index in [1.54, 1.807) is 30.3 Å². The molecule has 0 saturated heterocycles. The number of amides is 2. The maximum atomic E-state index is 13.0. The van der Waals surface area contributed by atoms with Gasteiger partial charge in [0.1, 0.15) is 12.7 Å². The molecular weight excluding hydrogens is 412 g/mol. The highest BCUT2D eigenvalue weighted by Crippen LogP contribution is 2.38. The van der Waals surface area contributed by atoms with E-state index in [0.29, 0.717) is 16.8 Å². The molecule has 0 spiro atoms. The van der Waals surface area contributed by atoms with Crippen molar-refractivity contribution in [3.63, 3.8) is 0 Å². The topological polar surface area (TPSA) is 126 Å². The van der Waals surface area contributed by atoms with Gasteiger partial charge in [-0.1, -0.05) is 18.2 Å². The third kappa shape index (κ3) is 4.78. The summed E-state index contributed by atoms with van der Waals surface area (Å²) in [4.78, 5) is 29.6. The molecule has 2 aromatic rings. The van der Waals surface area contributed by atoms with E-state index in [-0.39, 0.29) is 0 Å². The molecule has 2 amide bonds. The summed E-state index contributed by atoms with van der Waals surface area (Å²) in [6.07, 6.45) is 0.183. The van der Waals surface area contributed by atoms with Crippen LogP contribution in [0.15, 0.2) is 30.3 Å². The highest BCUT2D eigenvalue weighted by molar-refractivity contribution is 7.85. The SMILES string of the molecule is Cc1cc(C)c(C=C2C(=O)N(C(=O)OCC(O)COS(C)(=O)=O)c3ccccc32)[nH]1. The zero-order valence-corrected chi connectivity index (χ0v) is 17.5. The molecule has 1 aliphatic heterocycles. The summed E-state index contributed by atoms with van der Waals surface area (Å²) < 4.78 is 31.4. The molecule has 0 radical (unpaired) electrons. The first-order valence-electron chi connectivity index (χ1n) is 9.08. The van der Waals surface area contributed by atoms with E-state index in [9.17, 15) is 23.1 Å². The van der Waals surface area contributed by atoms with E-state index in [0.717, 1.165) is 28.1 Å². The Balaban J connectivity index is 1.80. The molecule has 1 atom stereocenters. The number of fused-ring (bicyclic) bond motifs is 1. The van der Waals surface area contributed by atoms with Crippen LogP contribution in [0.5, 0.6) is 0 Å². The van der Waals surface area contributed by atoms with Crippen molar-refractivity contribution in [1.29, 1.82) is 0 Å². The summed E-state index contributed by atoms with van der Waals surface area (Å²) in [6, 6.07) is 8.74. The van der Waals surface area contributed by atoms with Gasteiger partial charge in [0, 0.05) is 17.0 Å². The normalized spacial score (nSPS) is 16.1. The highest BCUT2D eigenvalue weighted by atomic mass is 32.2. The summed E-state index contributed by atoms with van der Waals surface area (Å²) >= 11 is 0. The third-order valence-electron chi connectivity index (χ3n) is 4.40. The lowest BCUT2D eigenvalue weighted by Crippen LogP contribution is -2.36. The number of carbonyl (C=O) groups is 2. The lowest BCUT2D eigenvalue weighted by atomic mass is 10.1. The first-order chi connectivity index (χ1) is 14.1. The second-order valence-electron chi connectivity index (χ2n) is 6.98. The minimum absolute atomic E-state index is 0.327. The van der Waals surface area contributed by atoms with Crippen molar-refractivity contribution < 1.29 is 32.0 Å². The first kappa shape index (κ1) is 21.8. The van der Waals surface area contributed by atoms with Crippen molar-refractivity contribution >= 4 is 39.5 Å². The van der Waals surface area contributed by atoms with Crippen LogP contribution in [0.25, 0.3) is 11.6 Å². The zero-order chi connectivity index (χ0) is 22.1. The van der Waals surface area contributed by atoms with Crippen LogP contribution in [0.4, 0.5) is 10.5 Å². The van der Waals surface area contributed by atoms with Crippen LogP contribution >= 0.6 is 0 Å². The Morgan fingerprint density at radius 1 is 1.27 bits per heavy atom. The number of aromatic amines is 1. The molecule has 1 aliphatic rings. The van der Waals surface area contributed by atoms with E-state index < -0.39 is 41.4 Å².